The Morgan fingerprint density at radius 2 is 2.17 bits per heavy atom. The number of thiazole rings is 1. The number of rotatable bonds is 4. The third-order valence-electron chi connectivity index (χ3n) is 3.15. The lowest BCUT2D eigenvalue weighted by Gasteiger charge is -2.05. The molecule has 0 spiro atoms. The van der Waals surface area contributed by atoms with E-state index in [1.165, 1.54) is 23.5 Å². The number of nitrogens with zero attached hydrogens (tertiary/aromatic N) is 2. The second-order valence-corrected chi connectivity index (χ2v) is 6.06. The fourth-order valence-corrected chi connectivity index (χ4v) is 2.64. The standard InChI is InChI=1S/C17H14N4O2S/c1-11-18-14(10-24-11)5-7-16(22)19-13-4-2-3-12(9-13)15-6-8-17(23)21-20-15/h2-10H,1H3,(H,19,22)(H,21,23). The van der Waals surface area contributed by atoms with Gasteiger partial charge in [0.05, 0.1) is 16.4 Å². The van der Waals surface area contributed by atoms with E-state index in [0.29, 0.717) is 11.4 Å². The van der Waals surface area contributed by atoms with Crippen molar-refractivity contribution < 1.29 is 4.79 Å². The van der Waals surface area contributed by atoms with Gasteiger partial charge in [-0.2, -0.15) is 5.10 Å². The average Bonchev–Trinajstić information content (AvgIpc) is 2.99. The highest BCUT2D eigenvalue weighted by molar-refractivity contribution is 7.09. The van der Waals surface area contributed by atoms with Crippen LogP contribution in [0.3, 0.4) is 0 Å². The van der Waals surface area contributed by atoms with Gasteiger partial charge in [0.1, 0.15) is 0 Å². The molecule has 0 fully saturated rings. The van der Waals surface area contributed by atoms with Gasteiger partial charge in [-0.3, -0.25) is 9.59 Å². The lowest BCUT2D eigenvalue weighted by atomic mass is 10.1. The second-order valence-electron chi connectivity index (χ2n) is 5.00. The molecule has 1 amide bonds. The van der Waals surface area contributed by atoms with Crippen molar-refractivity contribution in [2.75, 3.05) is 5.32 Å². The normalized spacial score (nSPS) is 10.9. The third kappa shape index (κ3) is 4.02. The largest absolute Gasteiger partial charge is 0.322 e. The molecule has 24 heavy (non-hydrogen) atoms. The van der Waals surface area contributed by atoms with Gasteiger partial charge in [-0.1, -0.05) is 12.1 Å². The summed E-state index contributed by atoms with van der Waals surface area (Å²) in [7, 11) is 0. The lowest BCUT2D eigenvalue weighted by Crippen LogP contribution is -2.08. The van der Waals surface area contributed by atoms with Crippen molar-refractivity contribution in [1.82, 2.24) is 15.2 Å². The van der Waals surface area contributed by atoms with Crippen molar-refractivity contribution in [3.8, 4) is 11.3 Å². The van der Waals surface area contributed by atoms with Crippen LogP contribution in [-0.2, 0) is 4.79 Å². The number of hydrogen-bond donors (Lipinski definition) is 2. The minimum absolute atomic E-state index is 0.243. The average molecular weight is 338 g/mol. The van der Waals surface area contributed by atoms with Gasteiger partial charge < -0.3 is 5.32 Å². The Kier molecular flexibility index (Phi) is 4.62. The monoisotopic (exact) mass is 338 g/mol. The number of nitrogens with one attached hydrogen (secondary N) is 2. The maximum atomic E-state index is 12.0. The molecule has 120 valence electrons. The van der Waals surface area contributed by atoms with Gasteiger partial charge in [0.15, 0.2) is 0 Å². The molecule has 7 heteroatoms. The number of anilines is 1. The summed E-state index contributed by atoms with van der Waals surface area (Å²) in [6.45, 7) is 1.92. The minimum Gasteiger partial charge on any atom is -0.322 e. The summed E-state index contributed by atoms with van der Waals surface area (Å²) >= 11 is 1.53. The molecule has 0 radical (unpaired) electrons. The van der Waals surface area contributed by atoms with Gasteiger partial charge in [-0.15, -0.1) is 11.3 Å². The predicted molar refractivity (Wildman–Crippen MR) is 94.8 cm³/mol. The summed E-state index contributed by atoms with van der Waals surface area (Å²) in [6.07, 6.45) is 3.12. The summed E-state index contributed by atoms with van der Waals surface area (Å²) in [6, 6.07) is 10.3. The minimum atomic E-state index is -0.259. The molecule has 0 aliphatic carbocycles. The number of carbonyl (C=O) groups is 1. The number of amides is 1. The second kappa shape index (κ2) is 7.01. The number of aromatic amines is 1. The van der Waals surface area contributed by atoms with E-state index in [1.54, 1.807) is 24.3 Å². The number of aromatic nitrogens is 3. The Hall–Kier alpha value is -3.06. The Morgan fingerprint density at radius 3 is 2.88 bits per heavy atom. The molecule has 0 unspecified atom stereocenters. The van der Waals surface area contributed by atoms with Crippen molar-refractivity contribution in [3.05, 3.63) is 68.9 Å². The molecule has 2 heterocycles. The number of benzene rings is 1. The summed E-state index contributed by atoms with van der Waals surface area (Å²) in [5, 5.41) is 12.0. The molecule has 3 aromatic rings. The first-order chi connectivity index (χ1) is 11.6. The lowest BCUT2D eigenvalue weighted by molar-refractivity contribution is -0.111. The Morgan fingerprint density at radius 1 is 1.29 bits per heavy atom. The molecule has 1 aromatic carbocycles. The maximum absolute atomic E-state index is 12.0. The summed E-state index contributed by atoms with van der Waals surface area (Å²) in [4.78, 5) is 27.3. The first kappa shape index (κ1) is 15.8. The zero-order chi connectivity index (χ0) is 16.9. The van der Waals surface area contributed by atoms with Gasteiger partial charge in [0.2, 0.25) is 5.91 Å². The molecule has 2 N–H and O–H groups in total. The first-order valence-electron chi connectivity index (χ1n) is 7.17. The van der Waals surface area contributed by atoms with Crippen molar-refractivity contribution in [3.63, 3.8) is 0 Å². The van der Waals surface area contributed by atoms with Crippen molar-refractivity contribution in [2.24, 2.45) is 0 Å². The van der Waals surface area contributed by atoms with Crippen LogP contribution >= 0.6 is 11.3 Å². The van der Waals surface area contributed by atoms with E-state index in [0.717, 1.165) is 16.3 Å². The Labute approximate surface area is 141 Å². The van der Waals surface area contributed by atoms with Crippen molar-refractivity contribution in [1.29, 1.82) is 0 Å². The number of H-pyrrole nitrogens is 1. The molecular formula is C17H14N4O2S. The molecule has 0 bridgehead atoms. The Bertz CT molecular complexity index is 938. The molecule has 0 saturated heterocycles. The molecule has 6 nitrogen and oxygen atoms in total. The summed E-state index contributed by atoms with van der Waals surface area (Å²) < 4.78 is 0. The van der Waals surface area contributed by atoms with Crippen LogP contribution in [0.1, 0.15) is 10.7 Å². The van der Waals surface area contributed by atoms with Gasteiger partial charge in [-0.25, -0.2) is 10.1 Å². The van der Waals surface area contributed by atoms with Crippen LogP contribution in [0.25, 0.3) is 17.3 Å². The number of hydrogen-bond acceptors (Lipinski definition) is 5. The predicted octanol–water partition coefficient (Wildman–Crippen LogP) is 2.85. The quantitative estimate of drug-likeness (QED) is 0.716. The summed E-state index contributed by atoms with van der Waals surface area (Å²) in [5.74, 6) is -0.243. The molecule has 2 aromatic heterocycles. The van der Waals surface area contributed by atoms with Crippen LogP contribution in [-0.4, -0.2) is 21.1 Å². The van der Waals surface area contributed by atoms with Crippen LogP contribution in [0.15, 0.2) is 52.6 Å². The highest BCUT2D eigenvalue weighted by Crippen LogP contribution is 2.19. The van der Waals surface area contributed by atoms with Crippen molar-refractivity contribution in [2.45, 2.75) is 6.92 Å². The smallest absolute Gasteiger partial charge is 0.264 e. The van der Waals surface area contributed by atoms with E-state index in [1.807, 2.05) is 24.4 Å². The SMILES string of the molecule is Cc1nc(C=CC(=O)Nc2cccc(-c3ccc(=O)[nH]n3)c2)cs1. The molecule has 0 aliphatic rings. The van der Waals surface area contributed by atoms with Crippen LogP contribution in [0, 0.1) is 6.92 Å². The van der Waals surface area contributed by atoms with Crippen LogP contribution < -0.4 is 10.9 Å². The zero-order valence-electron chi connectivity index (χ0n) is 12.8. The van der Waals surface area contributed by atoms with Gasteiger partial charge in [0.25, 0.3) is 5.56 Å². The number of carbonyl (C=O) groups excluding carboxylic acids is 1. The zero-order valence-corrected chi connectivity index (χ0v) is 13.6. The highest BCUT2D eigenvalue weighted by Gasteiger charge is 2.03. The molecule has 0 aliphatic heterocycles. The molecule has 0 saturated carbocycles. The topological polar surface area (TPSA) is 87.7 Å². The Balaban J connectivity index is 1.72. The highest BCUT2D eigenvalue weighted by atomic mass is 32.1. The fraction of sp³-hybridized carbons (Fsp3) is 0.0588. The van der Waals surface area contributed by atoms with E-state index >= 15 is 0 Å². The van der Waals surface area contributed by atoms with E-state index in [2.05, 4.69) is 20.5 Å². The third-order valence-corrected chi connectivity index (χ3v) is 3.94. The van der Waals surface area contributed by atoms with E-state index in [9.17, 15) is 9.59 Å². The van der Waals surface area contributed by atoms with Gasteiger partial charge in [0, 0.05) is 28.8 Å². The van der Waals surface area contributed by atoms with Crippen LogP contribution in [0.5, 0.6) is 0 Å². The van der Waals surface area contributed by atoms with E-state index in [4.69, 9.17) is 0 Å². The van der Waals surface area contributed by atoms with Crippen molar-refractivity contribution >= 4 is 29.0 Å². The number of aryl methyl sites for hydroxylation is 1. The van der Waals surface area contributed by atoms with Crippen LogP contribution in [0.2, 0.25) is 0 Å². The van der Waals surface area contributed by atoms with Crippen LogP contribution in [0.4, 0.5) is 5.69 Å². The molecule has 3 rings (SSSR count). The summed E-state index contributed by atoms with van der Waals surface area (Å²) in [5.41, 5.74) is 2.57. The molecular weight excluding hydrogens is 324 g/mol. The van der Waals surface area contributed by atoms with Gasteiger partial charge >= 0.3 is 0 Å². The van der Waals surface area contributed by atoms with Gasteiger partial charge in [-0.05, 0) is 31.2 Å². The first-order valence-corrected chi connectivity index (χ1v) is 8.05. The van der Waals surface area contributed by atoms with E-state index in [-0.39, 0.29) is 11.5 Å². The molecule has 0 atom stereocenters. The fourth-order valence-electron chi connectivity index (χ4n) is 2.06. The van der Waals surface area contributed by atoms with E-state index < -0.39 is 0 Å². The maximum Gasteiger partial charge on any atom is 0.264 e.